The molecule has 0 aliphatic heterocycles. The van der Waals surface area contributed by atoms with Gasteiger partial charge in [-0.3, -0.25) is 4.79 Å². The van der Waals surface area contributed by atoms with Crippen LogP contribution in [0.15, 0.2) is 22.6 Å². The Kier molecular flexibility index (Phi) is 6.25. The zero-order valence-corrected chi connectivity index (χ0v) is 16.7. The minimum Gasteiger partial charge on any atom is -0.497 e. The molecule has 2 aromatic rings. The molecule has 1 aromatic heterocycles. The number of methoxy groups -OCH3 is 1. The molecule has 1 heterocycles. The van der Waals surface area contributed by atoms with Gasteiger partial charge in [0, 0.05) is 16.5 Å². The van der Waals surface area contributed by atoms with E-state index in [1.807, 2.05) is 39.0 Å². The fraction of sp³-hybridized carbons (Fsp3) is 0.550. The minimum absolute atomic E-state index is 0. The molecule has 3 N–H and O–H groups in total. The Hall–Kier alpha value is -1.72. The molecular formula is C20H29ClN2O3. The van der Waals surface area contributed by atoms with Gasteiger partial charge in [0.2, 0.25) is 5.91 Å². The molecular weight excluding hydrogens is 352 g/mol. The van der Waals surface area contributed by atoms with Gasteiger partial charge in [-0.15, -0.1) is 12.4 Å². The third-order valence-electron chi connectivity index (χ3n) is 5.50. The number of fused-ring (bicyclic) bond motifs is 1. The molecule has 1 amide bonds. The number of carbonyl (C=O) groups excluding carboxylic acids is 1. The molecule has 1 fully saturated rings. The molecule has 3 unspecified atom stereocenters. The Balaban J connectivity index is 0.00000243. The number of nitrogens with one attached hydrogen (secondary N) is 1. The highest BCUT2D eigenvalue weighted by Crippen LogP contribution is 2.34. The van der Waals surface area contributed by atoms with Crippen LogP contribution in [0.1, 0.15) is 56.9 Å². The number of halogens is 1. The SMILES string of the molecule is COc1ccc2oc(C(C)NC(=O)C3CCCCC3(C)N)c(C)c2c1.Cl. The summed E-state index contributed by atoms with van der Waals surface area (Å²) in [6, 6.07) is 5.53. The van der Waals surface area contributed by atoms with Crippen LogP contribution < -0.4 is 15.8 Å². The molecule has 0 radical (unpaired) electrons. The van der Waals surface area contributed by atoms with Crippen molar-refractivity contribution >= 4 is 29.3 Å². The van der Waals surface area contributed by atoms with Crippen LogP contribution in [0.25, 0.3) is 11.0 Å². The Morgan fingerprint density at radius 3 is 2.81 bits per heavy atom. The summed E-state index contributed by atoms with van der Waals surface area (Å²) in [7, 11) is 1.65. The fourth-order valence-electron chi connectivity index (χ4n) is 3.93. The first-order chi connectivity index (χ1) is 11.8. The summed E-state index contributed by atoms with van der Waals surface area (Å²) in [6.07, 6.45) is 3.89. The van der Waals surface area contributed by atoms with Gasteiger partial charge in [-0.1, -0.05) is 12.8 Å². The van der Waals surface area contributed by atoms with Crippen LogP contribution >= 0.6 is 12.4 Å². The van der Waals surface area contributed by atoms with E-state index in [2.05, 4.69) is 5.32 Å². The number of rotatable bonds is 4. The zero-order valence-electron chi connectivity index (χ0n) is 15.9. The van der Waals surface area contributed by atoms with Gasteiger partial charge >= 0.3 is 0 Å². The van der Waals surface area contributed by atoms with Crippen molar-refractivity contribution in [1.29, 1.82) is 0 Å². The maximum Gasteiger partial charge on any atom is 0.225 e. The van der Waals surface area contributed by atoms with Crippen LogP contribution in [0.4, 0.5) is 0 Å². The number of ether oxygens (including phenoxy) is 1. The lowest BCUT2D eigenvalue weighted by atomic mass is 9.74. The quantitative estimate of drug-likeness (QED) is 0.830. The standard InChI is InChI=1S/C20H28N2O3.ClH/c1-12-15-11-14(24-4)8-9-17(15)25-18(12)13(2)22-19(23)16-7-5-6-10-20(16,3)21;/h8-9,11,13,16H,5-7,10,21H2,1-4H3,(H,22,23);1H. The average molecular weight is 381 g/mol. The Labute approximate surface area is 161 Å². The second kappa shape index (κ2) is 7.89. The van der Waals surface area contributed by atoms with Crippen LogP contribution in [-0.2, 0) is 4.79 Å². The second-order valence-electron chi connectivity index (χ2n) is 7.49. The van der Waals surface area contributed by atoms with Gasteiger partial charge in [-0.05, 0) is 51.8 Å². The summed E-state index contributed by atoms with van der Waals surface area (Å²) in [6.45, 7) is 5.95. The van der Waals surface area contributed by atoms with Crippen molar-refractivity contribution < 1.29 is 13.9 Å². The molecule has 1 aliphatic carbocycles. The van der Waals surface area contributed by atoms with E-state index in [1.54, 1.807) is 7.11 Å². The van der Waals surface area contributed by atoms with Gasteiger partial charge in [-0.25, -0.2) is 0 Å². The summed E-state index contributed by atoms with van der Waals surface area (Å²) < 4.78 is 11.3. The van der Waals surface area contributed by atoms with E-state index in [0.717, 1.165) is 53.7 Å². The summed E-state index contributed by atoms with van der Waals surface area (Å²) in [5.74, 6) is 1.45. The molecule has 3 atom stereocenters. The number of hydrogen-bond acceptors (Lipinski definition) is 4. The molecule has 1 aromatic carbocycles. The van der Waals surface area contributed by atoms with Crippen LogP contribution in [-0.4, -0.2) is 18.6 Å². The van der Waals surface area contributed by atoms with Crippen molar-refractivity contribution in [2.75, 3.05) is 7.11 Å². The molecule has 0 saturated heterocycles. The van der Waals surface area contributed by atoms with Crippen LogP contribution in [0.5, 0.6) is 5.75 Å². The summed E-state index contributed by atoms with van der Waals surface area (Å²) in [4.78, 5) is 12.8. The van der Waals surface area contributed by atoms with E-state index in [1.165, 1.54) is 0 Å². The van der Waals surface area contributed by atoms with E-state index >= 15 is 0 Å². The smallest absolute Gasteiger partial charge is 0.225 e. The van der Waals surface area contributed by atoms with Gasteiger partial charge in [0.25, 0.3) is 0 Å². The lowest BCUT2D eigenvalue weighted by Crippen LogP contribution is -2.53. The molecule has 0 bridgehead atoms. The largest absolute Gasteiger partial charge is 0.497 e. The lowest BCUT2D eigenvalue weighted by Gasteiger charge is -2.37. The number of furan rings is 1. The zero-order chi connectivity index (χ0) is 18.2. The fourth-order valence-corrected chi connectivity index (χ4v) is 3.93. The van der Waals surface area contributed by atoms with E-state index in [-0.39, 0.29) is 30.3 Å². The topological polar surface area (TPSA) is 77.5 Å². The summed E-state index contributed by atoms with van der Waals surface area (Å²) >= 11 is 0. The maximum absolute atomic E-state index is 12.8. The van der Waals surface area contributed by atoms with E-state index in [0.29, 0.717) is 0 Å². The normalized spacial score (nSPS) is 24.0. The van der Waals surface area contributed by atoms with Crippen LogP contribution in [0.2, 0.25) is 0 Å². The highest BCUT2D eigenvalue weighted by Gasteiger charge is 2.38. The van der Waals surface area contributed by atoms with Crippen LogP contribution in [0, 0.1) is 12.8 Å². The number of carbonyl (C=O) groups is 1. The number of benzene rings is 1. The van der Waals surface area contributed by atoms with Crippen molar-refractivity contribution in [3.63, 3.8) is 0 Å². The Morgan fingerprint density at radius 1 is 1.42 bits per heavy atom. The molecule has 144 valence electrons. The van der Waals surface area contributed by atoms with Gasteiger partial charge in [0.05, 0.1) is 19.1 Å². The Morgan fingerprint density at radius 2 is 2.15 bits per heavy atom. The average Bonchev–Trinajstić information content (AvgIpc) is 2.90. The number of hydrogen-bond donors (Lipinski definition) is 2. The molecule has 0 spiro atoms. The highest BCUT2D eigenvalue weighted by molar-refractivity contribution is 5.85. The first-order valence-corrected chi connectivity index (χ1v) is 9.00. The number of aryl methyl sites for hydroxylation is 1. The molecule has 1 saturated carbocycles. The first-order valence-electron chi connectivity index (χ1n) is 9.00. The lowest BCUT2D eigenvalue weighted by molar-refractivity contribution is -0.128. The minimum atomic E-state index is -0.432. The third kappa shape index (κ3) is 3.84. The molecule has 6 heteroatoms. The van der Waals surface area contributed by atoms with Crippen molar-refractivity contribution in [3.05, 3.63) is 29.5 Å². The first kappa shape index (κ1) is 20.6. The Bertz CT molecular complexity index is 785. The van der Waals surface area contributed by atoms with Gasteiger partial charge in [0.1, 0.15) is 17.1 Å². The molecule has 5 nitrogen and oxygen atoms in total. The van der Waals surface area contributed by atoms with E-state index in [4.69, 9.17) is 14.9 Å². The molecule has 1 aliphatic rings. The van der Waals surface area contributed by atoms with Crippen molar-refractivity contribution in [3.8, 4) is 5.75 Å². The third-order valence-corrected chi connectivity index (χ3v) is 5.50. The monoisotopic (exact) mass is 380 g/mol. The van der Waals surface area contributed by atoms with Crippen molar-refractivity contribution in [2.24, 2.45) is 11.7 Å². The predicted octanol–water partition coefficient (Wildman–Crippen LogP) is 4.26. The van der Waals surface area contributed by atoms with E-state index < -0.39 is 5.54 Å². The van der Waals surface area contributed by atoms with Crippen molar-refractivity contribution in [1.82, 2.24) is 5.32 Å². The number of nitrogens with two attached hydrogens (primary N) is 1. The highest BCUT2D eigenvalue weighted by atomic mass is 35.5. The van der Waals surface area contributed by atoms with Gasteiger partial charge in [0.15, 0.2) is 0 Å². The summed E-state index contributed by atoms with van der Waals surface area (Å²) in [5, 5.41) is 4.12. The number of amides is 1. The van der Waals surface area contributed by atoms with Gasteiger partial charge < -0.3 is 20.2 Å². The molecule has 3 rings (SSSR count). The van der Waals surface area contributed by atoms with Crippen LogP contribution in [0.3, 0.4) is 0 Å². The van der Waals surface area contributed by atoms with E-state index in [9.17, 15) is 4.79 Å². The molecule has 26 heavy (non-hydrogen) atoms. The maximum atomic E-state index is 12.8. The predicted molar refractivity (Wildman–Crippen MR) is 106 cm³/mol. The van der Waals surface area contributed by atoms with Crippen molar-refractivity contribution in [2.45, 2.75) is 58.0 Å². The second-order valence-corrected chi connectivity index (χ2v) is 7.49. The summed E-state index contributed by atoms with van der Waals surface area (Å²) in [5.41, 5.74) is 7.76. The van der Waals surface area contributed by atoms with Gasteiger partial charge in [-0.2, -0.15) is 0 Å².